The maximum Gasteiger partial charge on any atom is 0.292 e. The number of hydrogen-bond donors (Lipinski definition) is 4. The minimum atomic E-state index is -0.639. The topological polar surface area (TPSA) is 145 Å². The van der Waals surface area contributed by atoms with Crippen molar-refractivity contribution in [3.63, 3.8) is 0 Å². The number of hydrogen-bond acceptors (Lipinski definition) is 8. The standard InChI is InChI=1S/C9H9ClN8O/c10-5-7(12)16-6(11)4(15-5)8(19)17-18-9-13-2-1-3-14-9/h1-3H,(H,17,19)(H4,11,12,16)(H,13,14,18). The molecule has 2 heterocycles. The van der Waals surface area contributed by atoms with E-state index in [2.05, 4.69) is 30.8 Å². The third kappa shape index (κ3) is 2.96. The molecule has 0 aliphatic carbocycles. The van der Waals surface area contributed by atoms with E-state index < -0.39 is 5.91 Å². The molecule has 0 fully saturated rings. The second-order valence-corrected chi connectivity index (χ2v) is 3.64. The number of nitrogens with two attached hydrogens (primary N) is 2. The van der Waals surface area contributed by atoms with Gasteiger partial charge >= 0.3 is 0 Å². The van der Waals surface area contributed by atoms with Crippen LogP contribution in [0.25, 0.3) is 0 Å². The van der Waals surface area contributed by atoms with Gasteiger partial charge in [0.05, 0.1) is 0 Å². The highest BCUT2D eigenvalue weighted by atomic mass is 35.5. The van der Waals surface area contributed by atoms with Crippen LogP contribution in [0.3, 0.4) is 0 Å². The fraction of sp³-hybridized carbons (Fsp3) is 0. The van der Waals surface area contributed by atoms with Crippen molar-refractivity contribution in [3.05, 3.63) is 29.3 Å². The van der Waals surface area contributed by atoms with Gasteiger partial charge in [-0.3, -0.25) is 15.6 Å². The van der Waals surface area contributed by atoms with Crippen LogP contribution in [0.5, 0.6) is 0 Å². The molecule has 0 aliphatic heterocycles. The van der Waals surface area contributed by atoms with Crippen molar-refractivity contribution < 1.29 is 4.79 Å². The summed E-state index contributed by atoms with van der Waals surface area (Å²) < 4.78 is 0. The number of aromatic nitrogens is 4. The van der Waals surface area contributed by atoms with Crippen molar-refractivity contribution in [2.45, 2.75) is 0 Å². The molecule has 98 valence electrons. The second-order valence-electron chi connectivity index (χ2n) is 3.29. The fourth-order valence-electron chi connectivity index (χ4n) is 1.14. The number of anilines is 3. The van der Waals surface area contributed by atoms with Crippen molar-refractivity contribution in [2.24, 2.45) is 0 Å². The quantitative estimate of drug-likeness (QED) is 0.568. The van der Waals surface area contributed by atoms with Crippen LogP contribution in [0.4, 0.5) is 17.6 Å². The molecule has 6 N–H and O–H groups in total. The summed E-state index contributed by atoms with van der Waals surface area (Å²) in [6, 6.07) is 1.64. The third-order valence-corrected chi connectivity index (χ3v) is 2.25. The normalized spacial score (nSPS) is 9.95. The number of nitrogens with one attached hydrogen (secondary N) is 2. The zero-order valence-electron chi connectivity index (χ0n) is 9.46. The van der Waals surface area contributed by atoms with Gasteiger partial charge in [0.1, 0.15) is 0 Å². The van der Waals surface area contributed by atoms with Crippen LogP contribution in [0, 0.1) is 0 Å². The van der Waals surface area contributed by atoms with E-state index in [1.807, 2.05) is 0 Å². The van der Waals surface area contributed by atoms with Crippen LogP contribution in [-0.4, -0.2) is 25.8 Å². The zero-order valence-corrected chi connectivity index (χ0v) is 10.2. The number of carbonyl (C=O) groups excluding carboxylic acids is 1. The van der Waals surface area contributed by atoms with Gasteiger partial charge in [0.2, 0.25) is 5.95 Å². The molecular formula is C9H9ClN8O. The molecule has 9 nitrogen and oxygen atoms in total. The van der Waals surface area contributed by atoms with Gasteiger partial charge in [-0.1, -0.05) is 11.6 Å². The Morgan fingerprint density at radius 2 is 1.84 bits per heavy atom. The predicted molar refractivity (Wildman–Crippen MR) is 69.0 cm³/mol. The van der Waals surface area contributed by atoms with Crippen LogP contribution < -0.4 is 22.3 Å². The van der Waals surface area contributed by atoms with E-state index in [-0.39, 0.29) is 28.4 Å². The first-order valence-electron chi connectivity index (χ1n) is 5.00. The molecule has 0 saturated heterocycles. The molecular weight excluding hydrogens is 272 g/mol. The van der Waals surface area contributed by atoms with Crippen molar-refractivity contribution in [3.8, 4) is 0 Å². The molecule has 2 rings (SSSR count). The summed E-state index contributed by atoms with van der Waals surface area (Å²) in [4.78, 5) is 26.9. The molecule has 0 bridgehead atoms. The van der Waals surface area contributed by atoms with E-state index in [0.717, 1.165) is 0 Å². The lowest BCUT2D eigenvalue weighted by atomic mass is 10.4. The van der Waals surface area contributed by atoms with Gasteiger partial charge in [0.25, 0.3) is 5.91 Å². The largest absolute Gasteiger partial charge is 0.382 e. The number of amides is 1. The third-order valence-electron chi connectivity index (χ3n) is 1.97. The lowest BCUT2D eigenvalue weighted by Gasteiger charge is -2.08. The first-order chi connectivity index (χ1) is 9.08. The summed E-state index contributed by atoms with van der Waals surface area (Å²) in [5.41, 5.74) is 15.6. The van der Waals surface area contributed by atoms with Gasteiger partial charge < -0.3 is 11.5 Å². The molecule has 0 spiro atoms. The summed E-state index contributed by atoms with van der Waals surface area (Å²) in [6.07, 6.45) is 3.02. The number of halogens is 1. The molecule has 2 aromatic heterocycles. The Morgan fingerprint density at radius 1 is 1.16 bits per heavy atom. The van der Waals surface area contributed by atoms with Crippen LogP contribution >= 0.6 is 11.6 Å². The van der Waals surface area contributed by atoms with E-state index in [1.165, 1.54) is 12.4 Å². The average molecular weight is 281 g/mol. The second kappa shape index (κ2) is 5.31. The highest BCUT2D eigenvalue weighted by Gasteiger charge is 2.15. The Kier molecular flexibility index (Phi) is 3.57. The minimum absolute atomic E-state index is 0.0462. The maximum atomic E-state index is 11.8. The molecule has 0 atom stereocenters. The van der Waals surface area contributed by atoms with Crippen molar-refractivity contribution >= 4 is 35.1 Å². The van der Waals surface area contributed by atoms with Crippen LogP contribution in [0.1, 0.15) is 10.5 Å². The molecule has 10 heteroatoms. The fourth-order valence-corrected chi connectivity index (χ4v) is 1.27. The van der Waals surface area contributed by atoms with Crippen molar-refractivity contribution in [1.29, 1.82) is 0 Å². The molecule has 19 heavy (non-hydrogen) atoms. The highest BCUT2D eigenvalue weighted by molar-refractivity contribution is 6.31. The molecule has 2 aromatic rings. The number of nitrogen functional groups attached to an aromatic ring is 2. The molecule has 0 saturated carbocycles. The smallest absolute Gasteiger partial charge is 0.292 e. The van der Waals surface area contributed by atoms with Gasteiger partial charge in [0, 0.05) is 12.4 Å². The highest BCUT2D eigenvalue weighted by Crippen LogP contribution is 2.17. The lowest BCUT2D eigenvalue weighted by Crippen LogP contribution is -2.32. The first-order valence-corrected chi connectivity index (χ1v) is 5.37. The summed E-state index contributed by atoms with van der Waals surface area (Å²) >= 11 is 5.67. The van der Waals surface area contributed by atoms with E-state index in [9.17, 15) is 4.79 Å². The van der Waals surface area contributed by atoms with Crippen molar-refractivity contribution in [1.82, 2.24) is 25.4 Å². The number of rotatable bonds is 3. The zero-order chi connectivity index (χ0) is 13.8. The van der Waals surface area contributed by atoms with Gasteiger partial charge in [-0.25, -0.2) is 19.9 Å². The number of nitrogens with zero attached hydrogens (tertiary/aromatic N) is 4. The minimum Gasteiger partial charge on any atom is -0.382 e. The molecule has 0 unspecified atom stereocenters. The van der Waals surface area contributed by atoms with E-state index in [4.69, 9.17) is 23.1 Å². The van der Waals surface area contributed by atoms with E-state index in [1.54, 1.807) is 6.07 Å². The van der Waals surface area contributed by atoms with Crippen molar-refractivity contribution in [2.75, 3.05) is 16.9 Å². The van der Waals surface area contributed by atoms with E-state index in [0.29, 0.717) is 0 Å². The molecule has 0 radical (unpaired) electrons. The average Bonchev–Trinajstić information content (AvgIpc) is 2.41. The summed E-state index contributed by atoms with van der Waals surface area (Å²) in [6.45, 7) is 0. The SMILES string of the molecule is Nc1nc(N)c(C(=O)NNc2ncccn2)nc1Cl. The summed E-state index contributed by atoms with van der Waals surface area (Å²) in [5.74, 6) is -0.603. The van der Waals surface area contributed by atoms with Gasteiger partial charge in [0.15, 0.2) is 22.5 Å². The maximum absolute atomic E-state index is 11.8. The monoisotopic (exact) mass is 280 g/mol. The van der Waals surface area contributed by atoms with E-state index >= 15 is 0 Å². The van der Waals surface area contributed by atoms with Crippen LogP contribution in [0.2, 0.25) is 5.15 Å². The van der Waals surface area contributed by atoms with Gasteiger partial charge in [-0.15, -0.1) is 0 Å². The Bertz CT molecular complexity index is 605. The van der Waals surface area contributed by atoms with Gasteiger partial charge in [-0.2, -0.15) is 0 Å². The Hall–Kier alpha value is -2.68. The Balaban J connectivity index is 2.10. The molecule has 0 aromatic carbocycles. The van der Waals surface area contributed by atoms with Gasteiger partial charge in [-0.05, 0) is 6.07 Å². The molecule has 1 amide bonds. The van der Waals surface area contributed by atoms with Crippen LogP contribution in [0.15, 0.2) is 18.5 Å². The molecule has 0 aliphatic rings. The Labute approximate surface area is 112 Å². The number of carbonyl (C=O) groups is 1. The Morgan fingerprint density at radius 3 is 2.53 bits per heavy atom. The predicted octanol–water partition coefficient (Wildman–Crippen LogP) is -0.159. The lowest BCUT2D eigenvalue weighted by molar-refractivity contribution is 0.0958. The summed E-state index contributed by atoms with van der Waals surface area (Å²) in [7, 11) is 0. The van der Waals surface area contributed by atoms with Crippen LogP contribution in [-0.2, 0) is 0 Å². The number of hydrazine groups is 1. The summed E-state index contributed by atoms with van der Waals surface area (Å²) in [5, 5.41) is -0.102. The first kappa shape index (κ1) is 12.8.